The van der Waals surface area contributed by atoms with Crippen LogP contribution in [0.3, 0.4) is 0 Å². The van der Waals surface area contributed by atoms with Gasteiger partial charge in [0.2, 0.25) is 0 Å². The van der Waals surface area contributed by atoms with Gasteiger partial charge in [0.1, 0.15) is 5.69 Å². The number of aryl methyl sites for hydroxylation is 1. The molecule has 0 saturated heterocycles. The average Bonchev–Trinajstić information content (AvgIpc) is 3.24. The quantitative estimate of drug-likeness (QED) is 0.461. The van der Waals surface area contributed by atoms with Crippen molar-refractivity contribution in [3.8, 4) is 0 Å². The SMILES string of the molecule is O=C(N[C@@H]1CCCc2ccccc21)c1ccc(NC(=O)c2nsc3ccccc23)cc1. The summed E-state index contributed by atoms with van der Waals surface area (Å²) in [5, 5.41) is 6.87. The lowest BCUT2D eigenvalue weighted by molar-refractivity contribution is 0.0932. The smallest absolute Gasteiger partial charge is 0.276 e. The minimum absolute atomic E-state index is 0.0368. The van der Waals surface area contributed by atoms with Crippen molar-refractivity contribution >= 4 is 39.1 Å². The fourth-order valence-electron chi connectivity index (χ4n) is 4.09. The highest BCUT2D eigenvalue weighted by Crippen LogP contribution is 2.30. The first-order valence-corrected chi connectivity index (χ1v) is 11.1. The minimum Gasteiger partial charge on any atom is -0.345 e. The van der Waals surface area contributed by atoms with Crippen LogP contribution in [-0.2, 0) is 6.42 Å². The monoisotopic (exact) mass is 427 g/mol. The molecule has 31 heavy (non-hydrogen) atoms. The van der Waals surface area contributed by atoms with Gasteiger partial charge in [0.25, 0.3) is 11.8 Å². The largest absolute Gasteiger partial charge is 0.345 e. The minimum atomic E-state index is -0.256. The zero-order chi connectivity index (χ0) is 21.2. The van der Waals surface area contributed by atoms with Crippen molar-refractivity contribution in [3.05, 3.63) is 95.2 Å². The Morgan fingerprint density at radius 2 is 1.68 bits per heavy atom. The Kier molecular flexibility index (Phi) is 5.22. The lowest BCUT2D eigenvalue weighted by atomic mass is 9.87. The molecule has 0 aliphatic heterocycles. The van der Waals surface area contributed by atoms with Crippen molar-refractivity contribution < 1.29 is 9.59 Å². The van der Waals surface area contributed by atoms with Crippen LogP contribution in [0, 0.1) is 0 Å². The fourth-order valence-corrected chi connectivity index (χ4v) is 4.86. The summed E-state index contributed by atoms with van der Waals surface area (Å²) in [4.78, 5) is 25.4. The van der Waals surface area contributed by atoms with Crippen LogP contribution in [0.4, 0.5) is 5.69 Å². The van der Waals surface area contributed by atoms with Crippen LogP contribution in [0.5, 0.6) is 0 Å². The van der Waals surface area contributed by atoms with Crippen LogP contribution >= 0.6 is 11.5 Å². The van der Waals surface area contributed by atoms with Crippen LogP contribution in [-0.4, -0.2) is 16.2 Å². The molecule has 0 saturated carbocycles. The van der Waals surface area contributed by atoms with Gasteiger partial charge in [-0.25, -0.2) is 0 Å². The molecule has 5 nitrogen and oxygen atoms in total. The normalized spacial score (nSPS) is 15.3. The molecular formula is C25H21N3O2S. The molecule has 0 unspecified atom stereocenters. The molecule has 1 atom stereocenters. The van der Waals surface area contributed by atoms with Gasteiger partial charge in [-0.15, -0.1) is 0 Å². The number of rotatable bonds is 4. The molecular weight excluding hydrogens is 406 g/mol. The Morgan fingerprint density at radius 3 is 2.55 bits per heavy atom. The number of nitrogens with zero attached hydrogens (tertiary/aromatic N) is 1. The standard InChI is InChI=1S/C25H21N3O2S/c29-24(27-21-10-5-7-16-6-1-2-8-19(16)21)17-12-14-18(15-13-17)26-25(30)23-20-9-3-4-11-22(20)31-28-23/h1-4,6,8-9,11-15,21H,5,7,10H2,(H,26,30)(H,27,29)/t21-/m1/s1. The fraction of sp³-hybridized carbons (Fsp3) is 0.160. The number of carbonyl (C=O) groups is 2. The second kappa shape index (κ2) is 8.32. The predicted octanol–water partition coefficient (Wildman–Crippen LogP) is 5.36. The van der Waals surface area contributed by atoms with E-state index in [1.165, 1.54) is 22.7 Å². The number of hydrogen-bond donors (Lipinski definition) is 2. The molecule has 3 aromatic carbocycles. The van der Waals surface area contributed by atoms with Gasteiger partial charge in [-0.05, 0) is 72.3 Å². The maximum Gasteiger partial charge on any atom is 0.276 e. The molecule has 1 aliphatic rings. The van der Waals surface area contributed by atoms with Crippen LogP contribution in [0.15, 0.2) is 72.8 Å². The second-order valence-electron chi connectivity index (χ2n) is 7.68. The van der Waals surface area contributed by atoms with Crippen LogP contribution in [0.1, 0.15) is 50.9 Å². The third-order valence-electron chi connectivity index (χ3n) is 5.67. The summed E-state index contributed by atoms with van der Waals surface area (Å²) in [7, 11) is 0. The van der Waals surface area contributed by atoms with Gasteiger partial charge in [0.15, 0.2) is 0 Å². The van der Waals surface area contributed by atoms with E-state index in [-0.39, 0.29) is 17.9 Å². The molecule has 1 aliphatic carbocycles. The van der Waals surface area contributed by atoms with E-state index >= 15 is 0 Å². The van der Waals surface area contributed by atoms with Gasteiger partial charge in [-0.1, -0.05) is 42.5 Å². The van der Waals surface area contributed by atoms with Gasteiger partial charge >= 0.3 is 0 Å². The number of amides is 2. The molecule has 1 aromatic heterocycles. The van der Waals surface area contributed by atoms with Crippen molar-refractivity contribution in [2.45, 2.75) is 25.3 Å². The van der Waals surface area contributed by atoms with E-state index in [9.17, 15) is 9.59 Å². The molecule has 2 N–H and O–H groups in total. The zero-order valence-corrected chi connectivity index (χ0v) is 17.6. The summed E-state index contributed by atoms with van der Waals surface area (Å²) < 4.78 is 5.26. The second-order valence-corrected chi connectivity index (χ2v) is 8.48. The number of benzene rings is 3. The Labute approximate surface area is 184 Å². The number of aromatic nitrogens is 1. The van der Waals surface area contributed by atoms with Crippen LogP contribution < -0.4 is 10.6 Å². The van der Waals surface area contributed by atoms with Gasteiger partial charge in [-0.3, -0.25) is 9.59 Å². The van der Waals surface area contributed by atoms with Crippen molar-refractivity contribution in [1.82, 2.24) is 9.69 Å². The summed E-state index contributed by atoms with van der Waals surface area (Å²) >= 11 is 1.31. The van der Waals surface area contributed by atoms with E-state index in [1.807, 2.05) is 36.4 Å². The highest BCUT2D eigenvalue weighted by molar-refractivity contribution is 7.13. The Hall–Kier alpha value is -3.51. The van der Waals surface area contributed by atoms with Gasteiger partial charge in [0, 0.05) is 16.6 Å². The maximum atomic E-state index is 12.8. The van der Waals surface area contributed by atoms with Gasteiger partial charge < -0.3 is 10.6 Å². The van der Waals surface area contributed by atoms with E-state index in [2.05, 4.69) is 27.1 Å². The first-order chi connectivity index (χ1) is 15.2. The highest BCUT2D eigenvalue weighted by atomic mass is 32.1. The van der Waals surface area contributed by atoms with E-state index in [4.69, 9.17) is 0 Å². The molecule has 0 radical (unpaired) electrons. The van der Waals surface area contributed by atoms with Gasteiger partial charge in [-0.2, -0.15) is 4.37 Å². The van der Waals surface area contributed by atoms with E-state index < -0.39 is 0 Å². The van der Waals surface area contributed by atoms with Gasteiger partial charge in [0.05, 0.1) is 10.7 Å². The molecule has 4 aromatic rings. The molecule has 6 heteroatoms. The zero-order valence-electron chi connectivity index (χ0n) is 16.8. The molecule has 1 heterocycles. The first-order valence-electron chi connectivity index (χ1n) is 10.3. The Morgan fingerprint density at radius 1 is 0.903 bits per heavy atom. The van der Waals surface area contributed by atoms with E-state index in [0.717, 1.165) is 29.3 Å². The van der Waals surface area contributed by atoms with Crippen LogP contribution in [0.25, 0.3) is 10.1 Å². The maximum absolute atomic E-state index is 12.8. The molecule has 0 spiro atoms. The predicted molar refractivity (Wildman–Crippen MR) is 124 cm³/mol. The molecule has 0 bridgehead atoms. The summed E-state index contributed by atoms with van der Waals surface area (Å²) in [6.07, 6.45) is 3.07. The Bertz CT molecular complexity index is 1260. The summed E-state index contributed by atoms with van der Waals surface area (Å²) in [6, 6.07) is 23.0. The molecule has 5 rings (SSSR count). The number of nitrogens with one attached hydrogen (secondary N) is 2. The molecule has 0 fully saturated rings. The topological polar surface area (TPSA) is 71.1 Å². The number of carbonyl (C=O) groups excluding carboxylic acids is 2. The first kappa shape index (κ1) is 19.5. The third kappa shape index (κ3) is 3.94. The van der Waals surface area contributed by atoms with Crippen molar-refractivity contribution in [1.29, 1.82) is 0 Å². The summed E-state index contributed by atoms with van der Waals surface area (Å²) in [6.45, 7) is 0. The average molecular weight is 428 g/mol. The summed E-state index contributed by atoms with van der Waals surface area (Å²) in [5.74, 6) is -0.362. The number of anilines is 1. The highest BCUT2D eigenvalue weighted by Gasteiger charge is 2.22. The van der Waals surface area contributed by atoms with E-state index in [0.29, 0.717) is 16.9 Å². The third-order valence-corrected chi connectivity index (χ3v) is 6.50. The van der Waals surface area contributed by atoms with Crippen molar-refractivity contribution in [2.75, 3.05) is 5.32 Å². The lowest BCUT2D eigenvalue weighted by Gasteiger charge is -2.26. The van der Waals surface area contributed by atoms with Crippen molar-refractivity contribution in [2.24, 2.45) is 0 Å². The lowest BCUT2D eigenvalue weighted by Crippen LogP contribution is -2.30. The van der Waals surface area contributed by atoms with Crippen LogP contribution in [0.2, 0.25) is 0 Å². The Balaban J connectivity index is 1.27. The number of fused-ring (bicyclic) bond motifs is 2. The molecule has 154 valence electrons. The molecule has 2 amide bonds. The number of hydrogen-bond acceptors (Lipinski definition) is 4. The van der Waals surface area contributed by atoms with Crippen molar-refractivity contribution in [3.63, 3.8) is 0 Å². The van der Waals surface area contributed by atoms with E-state index in [1.54, 1.807) is 24.3 Å². The summed E-state index contributed by atoms with van der Waals surface area (Å²) in [5.41, 5.74) is 4.13.